The Bertz CT molecular complexity index is 775. The highest BCUT2D eigenvalue weighted by atomic mass is 79.9. The van der Waals surface area contributed by atoms with Crippen LogP contribution in [-0.4, -0.2) is 14.5 Å². The summed E-state index contributed by atoms with van der Waals surface area (Å²) in [6.45, 7) is 3.91. The van der Waals surface area contributed by atoms with E-state index in [-0.39, 0.29) is 0 Å². The van der Waals surface area contributed by atoms with Crippen LogP contribution in [0.25, 0.3) is 16.9 Å². The molecule has 0 fully saturated rings. The van der Waals surface area contributed by atoms with Crippen molar-refractivity contribution in [3.8, 4) is 11.3 Å². The van der Waals surface area contributed by atoms with Gasteiger partial charge in [-0.05, 0) is 47.0 Å². The molecule has 21 heavy (non-hydrogen) atoms. The number of aromatic nitrogens is 2. The van der Waals surface area contributed by atoms with Crippen molar-refractivity contribution in [1.82, 2.24) is 9.38 Å². The van der Waals surface area contributed by atoms with E-state index < -0.39 is 6.10 Å². The predicted octanol–water partition coefficient (Wildman–Crippen LogP) is 4.38. The SMILES string of the molecule is CCc1ccc(-c2nc3ccc(Br)cn3c2C(C)O)cc1. The first-order chi connectivity index (χ1) is 10.1. The molecule has 0 spiro atoms. The van der Waals surface area contributed by atoms with E-state index in [0.717, 1.165) is 33.5 Å². The van der Waals surface area contributed by atoms with E-state index in [2.05, 4.69) is 52.1 Å². The second-order valence-corrected chi connectivity index (χ2v) is 6.06. The molecule has 1 N–H and O–H groups in total. The van der Waals surface area contributed by atoms with Gasteiger partial charge in [0, 0.05) is 16.2 Å². The lowest BCUT2D eigenvalue weighted by Gasteiger charge is -2.08. The lowest BCUT2D eigenvalue weighted by molar-refractivity contribution is 0.194. The Balaban J connectivity index is 2.23. The molecule has 0 aliphatic rings. The minimum Gasteiger partial charge on any atom is -0.387 e. The monoisotopic (exact) mass is 344 g/mol. The number of hydrogen-bond acceptors (Lipinski definition) is 2. The first-order valence-corrected chi connectivity index (χ1v) is 7.84. The number of benzene rings is 1. The summed E-state index contributed by atoms with van der Waals surface area (Å²) in [5.41, 5.74) is 4.82. The van der Waals surface area contributed by atoms with Crippen molar-refractivity contribution in [1.29, 1.82) is 0 Å². The Kier molecular flexibility index (Phi) is 3.83. The zero-order chi connectivity index (χ0) is 15.0. The average Bonchev–Trinajstić information content (AvgIpc) is 2.86. The Morgan fingerprint density at radius 2 is 1.90 bits per heavy atom. The molecule has 1 aromatic carbocycles. The first kappa shape index (κ1) is 14.3. The number of rotatable bonds is 3. The number of hydrogen-bond donors (Lipinski definition) is 1. The van der Waals surface area contributed by atoms with Crippen LogP contribution in [0.2, 0.25) is 0 Å². The van der Waals surface area contributed by atoms with Gasteiger partial charge in [-0.1, -0.05) is 31.2 Å². The third kappa shape index (κ3) is 2.61. The summed E-state index contributed by atoms with van der Waals surface area (Å²) < 4.78 is 2.90. The maximum Gasteiger partial charge on any atom is 0.137 e. The molecule has 0 saturated carbocycles. The summed E-state index contributed by atoms with van der Waals surface area (Å²) >= 11 is 3.47. The number of nitrogens with zero attached hydrogens (tertiary/aromatic N) is 2. The van der Waals surface area contributed by atoms with Gasteiger partial charge in [0.1, 0.15) is 5.65 Å². The fraction of sp³-hybridized carbons (Fsp3) is 0.235. The lowest BCUT2D eigenvalue weighted by atomic mass is 10.0. The molecule has 2 heterocycles. The van der Waals surface area contributed by atoms with Crippen LogP contribution in [-0.2, 0) is 6.42 Å². The Hall–Kier alpha value is -1.65. The molecule has 3 nitrogen and oxygen atoms in total. The third-order valence-corrected chi connectivity index (χ3v) is 4.12. The normalized spacial score (nSPS) is 12.8. The number of aryl methyl sites for hydroxylation is 1. The van der Waals surface area contributed by atoms with Gasteiger partial charge in [-0.15, -0.1) is 0 Å². The van der Waals surface area contributed by atoms with E-state index in [0.29, 0.717) is 0 Å². The zero-order valence-corrected chi connectivity index (χ0v) is 13.6. The number of halogens is 1. The summed E-state index contributed by atoms with van der Waals surface area (Å²) in [6.07, 6.45) is 2.37. The van der Waals surface area contributed by atoms with E-state index >= 15 is 0 Å². The standard InChI is InChI=1S/C17H17BrN2O/c1-3-12-4-6-13(7-5-12)16-17(11(2)21)20-10-14(18)8-9-15(20)19-16/h4-11,21H,3H2,1-2H3. The molecule has 0 aliphatic carbocycles. The predicted molar refractivity (Wildman–Crippen MR) is 88.3 cm³/mol. The summed E-state index contributed by atoms with van der Waals surface area (Å²) in [6, 6.07) is 12.3. The van der Waals surface area contributed by atoms with Gasteiger partial charge in [-0.3, -0.25) is 4.40 Å². The van der Waals surface area contributed by atoms with Gasteiger partial charge < -0.3 is 5.11 Å². The molecule has 1 atom stereocenters. The quantitative estimate of drug-likeness (QED) is 0.765. The summed E-state index contributed by atoms with van der Waals surface area (Å²) in [5.74, 6) is 0. The maximum absolute atomic E-state index is 10.2. The van der Waals surface area contributed by atoms with Crippen molar-refractivity contribution in [2.75, 3.05) is 0 Å². The van der Waals surface area contributed by atoms with Crippen molar-refractivity contribution in [3.63, 3.8) is 0 Å². The van der Waals surface area contributed by atoms with Crippen LogP contribution in [0.1, 0.15) is 31.2 Å². The van der Waals surface area contributed by atoms with Crippen molar-refractivity contribution >= 4 is 21.6 Å². The number of aliphatic hydroxyl groups excluding tert-OH is 1. The van der Waals surface area contributed by atoms with Crippen molar-refractivity contribution in [2.45, 2.75) is 26.4 Å². The van der Waals surface area contributed by atoms with Crippen molar-refractivity contribution in [3.05, 3.63) is 58.3 Å². The molecule has 3 aromatic rings. The first-order valence-electron chi connectivity index (χ1n) is 7.05. The summed E-state index contributed by atoms with van der Waals surface area (Å²) in [5, 5.41) is 10.2. The molecule has 3 rings (SSSR count). The smallest absolute Gasteiger partial charge is 0.137 e. The molecule has 0 saturated heterocycles. The molecular weight excluding hydrogens is 328 g/mol. The van der Waals surface area contributed by atoms with Crippen LogP contribution < -0.4 is 0 Å². The van der Waals surface area contributed by atoms with Crippen molar-refractivity contribution < 1.29 is 5.11 Å². The number of imidazole rings is 1. The fourth-order valence-corrected chi connectivity index (χ4v) is 2.88. The lowest BCUT2D eigenvalue weighted by Crippen LogP contribution is -1.99. The van der Waals surface area contributed by atoms with E-state index in [4.69, 9.17) is 0 Å². The van der Waals surface area contributed by atoms with Crippen LogP contribution >= 0.6 is 15.9 Å². The van der Waals surface area contributed by atoms with Crippen LogP contribution in [0, 0.1) is 0 Å². The molecule has 2 aromatic heterocycles. The van der Waals surface area contributed by atoms with Crippen molar-refractivity contribution in [2.24, 2.45) is 0 Å². The molecule has 0 amide bonds. The second-order valence-electron chi connectivity index (χ2n) is 5.15. The van der Waals surface area contributed by atoms with Crippen LogP contribution in [0.15, 0.2) is 47.1 Å². The molecular formula is C17H17BrN2O. The largest absolute Gasteiger partial charge is 0.387 e. The van der Waals surface area contributed by atoms with Gasteiger partial charge in [0.15, 0.2) is 0 Å². The molecule has 1 unspecified atom stereocenters. The molecule has 4 heteroatoms. The minimum absolute atomic E-state index is 0.588. The Labute approximate surface area is 132 Å². The van der Waals surface area contributed by atoms with Gasteiger partial charge in [-0.2, -0.15) is 0 Å². The molecule has 0 aliphatic heterocycles. The van der Waals surface area contributed by atoms with Crippen LogP contribution in [0.5, 0.6) is 0 Å². The maximum atomic E-state index is 10.2. The fourth-order valence-electron chi connectivity index (χ4n) is 2.55. The van der Waals surface area contributed by atoms with Gasteiger partial charge in [0.05, 0.1) is 17.5 Å². The summed E-state index contributed by atoms with van der Waals surface area (Å²) in [7, 11) is 0. The van der Waals surface area contributed by atoms with Crippen LogP contribution in [0.4, 0.5) is 0 Å². The third-order valence-electron chi connectivity index (χ3n) is 3.65. The van der Waals surface area contributed by atoms with E-state index in [9.17, 15) is 5.11 Å². The van der Waals surface area contributed by atoms with Gasteiger partial charge >= 0.3 is 0 Å². The highest BCUT2D eigenvalue weighted by Crippen LogP contribution is 2.30. The van der Waals surface area contributed by atoms with Gasteiger partial charge in [0.2, 0.25) is 0 Å². The van der Waals surface area contributed by atoms with E-state index in [1.54, 1.807) is 6.92 Å². The number of fused-ring (bicyclic) bond motifs is 1. The molecule has 0 radical (unpaired) electrons. The minimum atomic E-state index is -0.588. The van der Waals surface area contributed by atoms with E-state index in [1.807, 2.05) is 22.7 Å². The topological polar surface area (TPSA) is 37.5 Å². The van der Waals surface area contributed by atoms with Gasteiger partial charge in [0.25, 0.3) is 0 Å². The Morgan fingerprint density at radius 3 is 2.52 bits per heavy atom. The second kappa shape index (κ2) is 5.62. The average molecular weight is 345 g/mol. The van der Waals surface area contributed by atoms with E-state index in [1.165, 1.54) is 5.56 Å². The highest BCUT2D eigenvalue weighted by molar-refractivity contribution is 9.10. The zero-order valence-electron chi connectivity index (χ0n) is 12.0. The van der Waals surface area contributed by atoms with Crippen LogP contribution in [0.3, 0.4) is 0 Å². The number of aliphatic hydroxyl groups is 1. The molecule has 108 valence electrons. The highest BCUT2D eigenvalue weighted by Gasteiger charge is 2.17. The molecule has 0 bridgehead atoms. The van der Waals surface area contributed by atoms with Gasteiger partial charge in [-0.25, -0.2) is 4.98 Å². The number of pyridine rings is 1. The summed E-state index contributed by atoms with van der Waals surface area (Å²) in [4.78, 5) is 4.68. The Morgan fingerprint density at radius 1 is 1.19 bits per heavy atom.